The van der Waals surface area contributed by atoms with E-state index in [1.807, 2.05) is 0 Å². The predicted molar refractivity (Wildman–Crippen MR) is 60.4 cm³/mol. The lowest BCUT2D eigenvalue weighted by Gasteiger charge is -2.12. The van der Waals surface area contributed by atoms with Gasteiger partial charge in [-0.2, -0.15) is 0 Å². The van der Waals surface area contributed by atoms with Gasteiger partial charge < -0.3 is 9.47 Å². The third kappa shape index (κ3) is 1.77. The molecule has 0 N–H and O–H groups in total. The minimum atomic E-state index is -0.980. The quantitative estimate of drug-likeness (QED) is 0.454. The molecule has 1 aromatic rings. The largest absolute Gasteiger partial charge is 0.481 e. The Morgan fingerprint density at radius 1 is 1.44 bits per heavy atom. The van der Waals surface area contributed by atoms with Gasteiger partial charge in [-0.3, -0.25) is 14.9 Å². The highest BCUT2D eigenvalue weighted by atomic mass is 16.6. The summed E-state index contributed by atoms with van der Waals surface area (Å²) in [5.74, 6) is -0.253. The Hall–Kier alpha value is -2.18. The molecule has 0 amide bonds. The first-order valence-electron chi connectivity index (χ1n) is 5.33. The monoisotopic (exact) mass is 252 g/mol. The molecule has 1 heterocycles. The van der Waals surface area contributed by atoms with Crippen LogP contribution in [-0.2, 0) is 14.9 Å². The van der Waals surface area contributed by atoms with Gasteiger partial charge in [0.05, 0.1) is 19.1 Å². The maximum Gasteiger partial charge on any atom is 0.318 e. The van der Waals surface area contributed by atoms with Crippen molar-refractivity contribution in [1.29, 1.82) is 0 Å². The second-order valence-corrected chi connectivity index (χ2v) is 4.05. The summed E-state index contributed by atoms with van der Waals surface area (Å²) in [6, 6.07) is 2.69. The molecule has 7 heteroatoms. The molecule has 1 aliphatic rings. The number of hydrogen-bond acceptors (Lipinski definition) is 6. The lowest BCUT2D eigenvalue weighted by Crippen LogP contribution is -2.24. The molecule has 0 saturated heterocycles. The predicted octanol–water partition coefficient (Wildman–Crippen LogP) is 1.20. The summed E-state index contributed by atoms with van der Waals surface area (Å²) in [5.41, 5.74) is -1.04. The average molecular weight is 252 g/mol. The van der Waals surface area contributed by atoms with Gasteiger partial charge in [-0.15, -0.1) is 0 Å². The average Bonchev–Trinajstić information content (AvgIpc) is 3.18. The molecule has 0 aromatic carbocycles. The van der Waals surface area contributed by atoms with Crippen LogP contribution in [-0.4, -0.2) is 30.1 Å². The Bertz CT molecular complexity index is 510. The van der Waals surface area contributed by atoms with Gasteiger partial charge in [0, 0.05) is 12.1 Å². The van der Waals surface area contributed by atoms with Crippen molar-refractivity contribution in [2.45, 2.75) is 18.3 Å². The number of methoxy groups -OCH3 is 2. The van der Waals surface area contributed by atoms with Crippen LogP contribution in [0.3, 0.4) is 0 Å². The molecule has 1 aliphatic carbocycles. The fourth-order valence-corrected chi connectivity index (χ4v) is 1.91. The molecule has 0 aliphatic heterocycles. The number of pyridine rings is 1. The number of aromatic nitrogens is 1. The summed E-state index contributed by atoms with van der Waals surface area (Å²) in [6.07, 6.45) is 1.00. The molecule has 0 atom stereocenters. The molecule has 0 bridgehead atoms. The fraction of sp³-hybridized carbons (Fsp3) is 0.455. The van der Waals surface area contributed by atoms with E-state index in [1.165, 1.54) is 26.4 Å². The van der Waals surface area contributed by atoms with E-state index in [0.29, 0.717) is 12.8 Å². The standard InChI is InChI=1S/C11H12N2O5/c1-17-8-4-3-7(13(15)16)9(12-8)11(5-6-11)10(14)18-2/h3-4H,5-6H2,1-2H3. The number of esters is 1. The van der Waals surface area contributed by atoms with Crippen molar-refractivity contribution in [2.24, 2.45) is 0 Å². The van der Waals surface area contributed by atoms with E-state index in [4.69, 9.17) is 9.47 Å². The van der Waals surface area contributed by atoms with Gasteiger partial charge in [0.15, 0.2) is 0 Å². The van der Waals surface area contributed by atoms with E-state index in [1.54, 1.807) is 0 Å². The van der Waals surface area contributed by atoms with E-state index in [-0.39, 0.29) is 17.3 Å². The molecule has 1 saturated carbocycles. The highest BCUT2D eigenvalue weighted by Gasteiger charge is 2.57. The number of rotatable bonds is 4. The van der Waals surface area contributed by atoms with Crippen LogP contribution in [0.5, 0.6) is 5.88 Å². The smallest absolute Gasteiger partial charge is 0.318 e. The van der Waals surface area contributed by atoms with Gasteiger partial charge in [-0.25, -0.2) is 4.98 Å². The zero-order valence-electron chi connectivity index (χ0n) is 10.0. The number of hydrogen-bond donors (Lipinski definition) is 0. The first kappa shape index (κ1) is 12.3. The van der Waals surface area contributed by atoms with E-state index >= 15 is 0 Å². The Morgan fingerprint density at radius 3 is 2.56 bits per heavy atom. The van der Waals surface area contributed by atoms with E-state index in [0.717, 1.165) is 0 Å². The molecule has 0 radical (unpaired) electrons. The number of ether oxygens (including phenoxy) is 2. The van der Waals surface area contributed by atoms with Crippen molar-refractivity contribution >= 4 is 11.7 Å². The molecule has 1 aromatic heterocycles. The third-order valence-corrected chi connectivity index (χ3v) is 3.03. The Labute approximate surface area is 103 Å². The molecule has 96 valence electrons. The van der Waals surface area contributed by atoms with Crippen LogP contribution in [0.4, 0.5) is 5.69 Å². The van der Waals surface area contributed by atoms with Crippen LogP contribution in [0.25, 0.3) is 0 Å². The van der Waals surface area contributed by atoms with Crippen molar-refractivity contribution in [3.8, 4) is 5.88 Å². The summed E-state index contributed by atoms with van der Waals surface area (Å²) in [5, 5.41) is 11.0. The second-order valence-electron chi connectivity index (χ2n) is 4.05. The zero-order chi connectivity index (χ0) is 13.3. The van der Waals surface area contributed by atoms with Crippen LogP contribution in [0.15, 0.2) is 12.1 Å². The number of carbonyl (C=O) groups is 1. The molecular weight excluding hydrogens is 240 g/mol. The zero-order valence-corrected chi connectivity index (χ0v) is 10.0. The highest BCUT2D eigenvalue weighted by Crippen LogP contribution is 2.51. The molecule has 18 heavy (non-hydrogen) atoms. The lowest BCUT2D eigenvalue weighted by molar-refractivity contribution is -0.386. The molecule has 7 nitrogen and oxygen atoms in total. The van der Waals surface area contributed by atoms with Crippen LogP contribution < -0.4 is 4.74 Å². The Kier molecular flexibility index (Phi) is 2.90. The number of nitrogens with zero attached hydrogens (tertiary/aromatic N) is 2. The maximum absolute atomic E-state index is 11.7. The van der Waals surface area contributed by atoms with Crippen LogP contribution in [0.1, 0.15) is 18.5 Å². The van der Waals surface area contributed by atoms with E-state index in [9.17, 15) is 14.9 Å². The normalized spacial score (nSPS) is 15.9. The topological polar surface area (TPSA) is 91.6 Å². The van der Waals surface area contributed by atoms with Crippen molar-refractivity contribution in [2.75, 3.05) is 14.2 Å². The molecule has 1 fully saturated rings. The minimum Gasteiger partial charge on any atom is -0.481 e. The number of carbonyl (C=O) groups excluding carboxylic acids is 1. The lowest BCUT2D eigenvalue weighted by atomic mass is 10.0. The van der Waals surface area contributed by atoms with E-state index < -0.39 is 16.3 Å². The summed E-state index contributed by atoms with van der Waals surface area (Å²) in [7, 11) is 2.67. The summed E-state index contributed by atoms with van der Waals surface area (Å²) in [6.45, 7) is 0. The van der Waals surface area contributed by atoms with Gasteiger partial charge in [0.2, 0.25) is 5.88 Å². The van der Waals surface area contributed by atoms with Gasteiger partial charge in [-0.1, -0.05) is 0 Å². The van der Waals surface area contributed by atoms with Crippen LogP contribution in [0, 0.1) is 10.1 Å². The fourth-order valence-electron chi connectivity index (χ4n) is 1.91. The third-order valence-electron chi connectivity index (χ3n) is 3.03. The molecule has 0 spiro atoms. The SMILES string of the molecule is COC(=O)C1(c2nc(OC)ccc2[N+](=O)[O-])CC1. The first-order chi connectivity index (χ1) is 8.55. The molecule has 0 unspecified atom stereocenters. The summed E-state index contributed by atoms with van der Waals surface area (Å²) < 4.78 is 9.64. The van der Waals surface area contributed by atoms with Crippen molar-refractivity contribution in [3.63, 3.8) is 0 Å². The van der Waals surface area contributed by atoms with Gasteiger partial charge in [-0.05, 0) is 12.8 Å². The van der Waals surface area contributed by atoms with Gasteiger partial charge in [0.1, 0.15) is 11.1 Å². The maximum atomic E-state index is 11.7. The number of nitro groups is 1. The van der Waals surface area contributed by atoms with Gasteiger partial charge >= 0.3 is 5.97 Å². The van der Waals surface area contributed by atoms with Crippen molar-refractivity contribution in [3.05, 3.63) is 27.9 Å². The molecular formula is C11H12N2O5. The minimum absolute atomic E-state index is 0.124. The van der Waals surface area contributed by atoms with Gasteiger partial charge in [0.25, 0.3) is 5.69 Å². The molecule has 2 rings (SSSR count). The Balaban J connectivity index is 2.54. The van der Waals surface area contributed by atoms with Crippen LogP contribution >= 0.6 is 0 Å². The van der Waals surface area contributed by atoms with Crippen molar-refractivity contribution in [1.82, 2.24) is 4.98 Å². The van der Waals surface area contributed by atoms with E-state index in [2.05, 4.69) is 4.98 Å². The van der Waals surface area contributed by atoms with Crippen LogP contribution in [0.2, 0.25) is 0 Å². The first-order valence-corrected chi connectivity index (χ1v) is 5.33. The Morgan fingerprint density at radius 2 is 2.11 bits per heavy atom. The van der Waals surface area contributed by atoms with Crippen molar-refractivity contribution < 1.29 is 19.2 Å². The summed E-state index contributed by atoms with van der Waals surface area (Å²) in [4.78, 5) is 26.2. The second kappa shape index (κ2) is 4.25. The highest BCUT2D eigenvalue weighted by molar-refractivity contribution is 5.87. The summed E-state index contributed by atoms with van der Waals surface area (Å²) >= 11 is 0.